The number of aromatic nitrogens is 1. The van der Waals surface area contributed by atoms with Crippen LogP contribution >= 0.6 is 11.8 Å². The maximum Gasteiger partial charge on any atom is 0.238 e. The first-order valence-electron chi connectivity index (χ1n) is 11.7. The van der Waals surface area contributed by atoms with E-state index in [1.807, 2.05) is 17.8 Å². The number of thioether (sulfide) groups is 1. The van der Waals surface area contributed by atoms with Crippen molar-refractivity contribution in [3.63, 3.8) is 0 Å². The normalized spacial score (nSPS) is 18.8. The highest BCUT2D eigenvalue weighted by Crippen LogP contribution is 2.33. The molecular formula is C26H32N4OS. The molecular weight excluding hydrogens is 416 g/mol. The minimum absolute atomic E-state index is 0.0852. The minimum atomic E-state index is 0.0852. The molecule has 1 aromatic heterocycles. The lowest BCUT2D eigenvalue weighted by atomic mass is 9.89. The largest absolute Gasteiger partial charge is 0.361 e. The van der Waals surface area contributed by atoms with E-state index in [2.05, 4.69) is 68.8 Å². The van der Waals surface area contributed by atoms with Crippen LogP contribution in [0.4, 0.5) is 5.69 Å². The maximum atomic E-state index is 12.7. The summed E-state index contributed by atoms with van der Waals surface area (Å²) in [4.78, 5) is 20.9. The molecule has 3 aromatic rings. The number of hydrogen-bond acceptors (Lipinski definition) is 4. The highest BCUT2D eigenvalue weighted by Gasteiger charge is 2.24. The number of nitrogens with one attached hydrogen (secondary N) is 2. The van der Waals surface area contributed by atoms with Crippen LogP contribution in [0.5, 0.6) is 0 Å². The number of hydrogen-bond donors (Lipinski definition) is 2. The molecule has 32 heavy (non-hydrogen) atoms. The lowest BCUT2D eigenvalue weighted by Gasteiger charge is -2.31. The Kier molecular flexibility index (Phi) is 6.81. The van der Waals surface area contributed by atoms with E-state index in [4.69, 9.17) is 0 Å². The van der Waals surface area contributed by atoms with E-state index in [-0.39, 0.29) is 5.91 Å². The van der Waals surface area contributed by atoms with Gasteiger partial charge in [0.2, 0.25) is 5.91 Å². The van der Waals surface area contributed by atoms with Crippen LogP contribution < -0.4 is 5.32 Å². The molecule has 5 nitrogen and oxygen atoms in total. The second kappa shape index (κ2) is 10.1. The van der Waals surface area contributed by atoms with Crippen LogP contribution in [0.3, 0.4) is 0 Å². The molecule has 6 heteroatoms. The van der Waals surface area contributed by atoms with Crippen LogP contribution in [-0.4, -0.2) is 64.9 Å². The van der Waals surface area contributed by atoms with Gasteiger partial charge in [0.25, 0.3) is 0 Å². The lowest BCUT2D eigenvalue weighted by molar-refractivity contribution is -0.117. The standard InChI is InChI=1S/C26H32N4OS/c31-26(28-22-5-3-4-20(16-22)18-30-12-14-32-15-13-30)19-29-10-8-21(9-11-29)24-17-27-25-7-2-1-6-23(24)25/h1-7,16-17,21,27H,8-15,18-19H2,(H,28,31). The van der Waals surface area contributed by atoms with Crippen molar-refractivity contribution in [3.8, 4) is 0 Å². The minimum Gasteiger partial charge on any atom is -0.361 e. The predicted octanol–water partition coefficient (Wildman–Crippen LogP) is 4.53. The first-order valence-corrected chi connectivity index (χ1v) is 12.9. The molecule has 0 saturated carbocycles. The fraction of sp³-hybridized carbons (Fsp3) is 0.423. The van der Waals surface area contributed by atoms with Crippen LogP contribution in [0.2, 0.25) is 0 Å². The van der Waals surface area contributed by atoms with Gasteiger partial charge in [-0.3, -0.25) is 14.6 Å². The van der Waals surface area contributed by atoms with Crippen molar-refractivity contribution in [2.24, 2.45) is 0 Å². The van der Waals surface area contributed by atoms with Crippen LogP contribution in [0.1, 0.15) is 29.9 Å². The summed E-state index contributed by atoms with van der Waals surface area (Å²) in [6.45, 7) is 5.65. The number of nitrogens with zero attached hydrogens (tertiary/aromatic N) is 2. The number of aromatic amines is 1. The molecule has 2 aliphatic rings. The molecule has 2 aliphatic heterocycles. The van der Waals surface area contributed by atoms with Gasteiger partial charge in [-0.05, 0) is 61.2 Å². The van der Waals surface area contributed by atoms with Crippen molar-refractivity contribution in [1.29, 1.82) is 0 Å². The van der Waals surface area contributed by atoms with Crippen molar-refractivity contribution >= 4 is 34.3 Å². The number of fused-ring (bicyclic) bond motifs is 1. The number of piperidine rings is 1. The van der Waals surface area contributed by atoms with Crippen LogP contribution in [0, 0.1) is 0 Å². The molecule has 2 N–H and O–H groups in total. The average molecular weight is 449 g/mol. The molecule has 1 amide bonds. The Labute approximate surface area is 194 Å². The van der Waals surface area contributed by atoms with Gasteiger partial charge in [0, 0.05) is 53.9 Å². The molecule has 3 heterocycles. The van der Waals surface area contributed by atoms with E-state index in [1.165, 1.54) is 33.5 Å². The smallest absolute Gasteiger partial charge is 0.238 e. The highest BCUT2D eigenvalue weighted by atomic mass is 32.2. The quantitative estimate of drug-likeness (QED) is 0.582. The van der Waals surface area contributed by atoms with Gasteiger partial charge in [-0.2, -0.15) is 11.8 Å². The SMILES string of the molecule is O=C(CN1CCC(c2c[nH]c3ccccc23)CC1)Nc1cccc(CN2CCSCC2)c1. The number of carbonyl (C=O) groups excluding carboxylic acids is 1. The van der Waals surface area contributed by atoms with Crippen molar-refractivity contribution in [1.82, 2.24) is 14.8 Å². The third kappa shape index (κ3) is 5.20. The molecule has 2 aromatic carbocycles. The summed E-state index contributed by atoms with van der Waals surface area (Å²) >= 11 is 2.03. The molecule has 0 atom stereocenters. The summed E-state index contributed by atoms with van der Waals surface area (Å²) in [6.07, 6.45) is 4.37. The van der Waals surface area contributed by atoms with Crippen molar-refractivity contribution in [2.75, 3.05) is 49.5 Å². The van der Waals surface area contributed by atoms with E-state index in [0.29, 0.717) is 12.5 Å². The Balaban J connectivity index is 1.12. The summed E-state index contributed by atoms with van der Waals surface area (Å²) in [5.41, 5.74) is 4.82. The van der Waals surface area contributed by atoms with Crippen LogP contribution in [-0.2, 0) is 11.3 Å². The zero-order valence-corrected chi connectivity index (χ0v) is 19.4. The maximum absolute atomic E-state index is 12.7. The van der Waals surface area contributed by atoms with E-state index in [1.54, 1.807) is 0 Å². The van der Waals surface area contributed by atoms with Crippen LogP contribution in [0.15, 0.2) is 54.7 Å². The molecule has 0 aliphatic carbocycles. The lowest BCUT2D eigenvalue weighted by Crippen LogP contribution is -2.38. The average Bonchev–Trinajstić information content (AvgIpc) is 3.25. The van der Waals surface area contributed by atoms with Gasteiger partial charge >= 0.3 is 0 Å². The fourth-order valence-electron chi connectivity index (χ4n) is 5.00. The fourth-order valence-corrected chi connectivity index (χ4v) is 5.98. The van der Waals surface area contributed by atoms with Gasteiger partial charge < -0.3 is 10.3 Å². The number of likely N-dealkylation sites (tertiary alicyclic amines) is 1. The number of rotatable bonds is 6. The molecule has 0 unspecified atom stereocenters. The summed E-state index contributed by atoms with van der Waals surface area (Å²) < 4.78 is 0. The van der Waals surface area contributed by atoms with Gasteiger partial charge in [-0.1, -0.05) is 30.3 Å². The Hall–Kier alpha value is -2.28. The highest BCUT2D eigenvalue weighted by molar-refractivity contribution is 7.99. The zero-order chi connectivity index (χ0) is 21.8. The van der Waals surface area contributed by atoms with Crippen molar-refractivity contribution < 1.29 is 4.79 Å². The van der Waals surface area contributed by atoms with Gasteiger partial charge in [0.15, 0.2) is 0 Å². The molecule has 168 valence electrons. The number of carbonyl (C=O) groups is 1. The third-order valence-corrected chi connectivity index (χ3v) is 7.68. The van der Waals surface area contributed by atoms with Crippen molar-refractivity contribution in [3.05, 3.63) is 65.9 Å². The first-order chi connectivity index (χ1) is 15.7. The second-order valence-corrected chi connectivity index (χ2v) is 10.2. The van der Waals surface area contributed by atoms with Gasteiger partial charge in [0.1, 0.15) is 0 Å². The Morgan fingerprint density at radius 2 is 1.81 bits per heavy atom. The van der Waals surface area contributed by atoms with Gasteiger partial charge in [-0.15, -0.1) is 0 Å². The molecule has 2 saturated heterocycles. The van der Waals surface area contributed by atoms with E-state index < -0.39 is 0 Å². The molecule has 5 rings (SSSR count). The number of amides is 1. The Bertz CT molecular complexity index is 1050. The number of H-pyrrole nitrogens is 1. The number of para-hydroxylation sites is 1. The van der Waals surface area contributed by atoms with Crippen molar-refractivity contribution in [2.45, 2.75) is 25.3 Å². The summed E-state index contributed by atoms with van der Waals surface area (Å²) in [7, 11) is 0. The number of anilines is 1. The topological polar surface area (TPSA) is 51.4 Å². The summed E-state index contributed by atoms with van der Waals surface area (Å²) in [5.74, 6) is 3.08. The molecule has 2 fully saturated rings. The summed E-state index contributed by atoms with van der Waals surface area (Å²) in [5, 5.41) is 4.46. The molecule has 0 spiro atoms. The third-order valence-electron chi connectivity index (χ3n) is 6.74. The molecule has 0 radical (unpaired) electrons. The predicted molar refractivity (Wildman–Crippen MR) is 134 cm³/mol. The second-order valence-electron chi connectivity index (χ2n) is 8.98. The monoisotopic (exact) mass is 448 g/mol. The zero-order valence-electron chi connectivity index (χ0n) is 18.6. The summed E-state index contributed by atoms with van der Waals surface area (Å²) in [6, 6.07) is 16.9. The Morgan fingerprint density at radius 1 is 1.00 bits per heavy atom. The van der Waals surface area contributed by atoms with Gasteiger partial charge in [-0.25, -0.2) is 0 Å². The van der Waals surface area contributed by atoms with Gasteiger partial charge in [0.05, 0.1) is 6.54 Å². The van der Waals surface area contributed by atoms with E-state index in [0.717, 1.165) is 51.3 Å². The van der Waals surface area contributed by atoms with Crippen LogP contribution in [0.25, 0.3) is 10.9 Å². The first kappa shape index (κ1) is 21.6. The van der Waals surface area contributed by atoms with E-state index >= 15 is 0 Å². The Morgan fingerprint density at radius 3 is 2.66 bits per heavy atom. The van der Waals surface area contributed by atoms with E-state index in [9.17, 15) is 4.79 Å². The number of benzene rings is 2. The molecule has 0 bridgehead atoms.